The van der Waals surface area contributed by atoms with E-state index in [0.717, 1.165) is 12.1 Å². The summed E-state index contributed by atoms with van der Waals surface area (Å²) in [6.45, 7) is 3.51. The maximum Gasteiger partial charge on any atom is 0.249 e. The lowest BCUT2D eigenvalue weighted by atomic mass is 10.1. The van der Waals surface area contributed by atoms with Crippen LogP contribution in [0.2, 0.25) is 0 Å². The first-order valence-corrected chi connectivity index (χ1v) is 5.95. The van der Waals surface area contributed by atoms with E-state index in [2.05, 4.69) is 0 Å². The molecule has 1 aliphatic rings. The van der Waals surface area contributed by atoms with Gasteiger partial charge in [-0.05, 0) is 19.1 Å². The molecule has 0 saturated carbocycles. The molecule has 2 rings (SSSR count). The van der Waals surface area contributed by atoms with Crippen LogP contribution in [-0.4, -0.2) is 35.8 Å². The van der Waals surface area contributed by atoms with Crippen LogP contribution in [0.25, 0.3) is 0 Å². The molecule has 1 saturated heterocycles. The normalized spacial score (nSPS) is 19.8. The van der Waals surface area contributed by atoms with Gasteiger partial charge in [0.1, 0.15) is 17.7 Å². The van der Waals surface area contributed by atoms with Gasteiger partial charge in [0.25, 0.3) is 0 Å². The minimum absolute atomic E-state index is 0.0430. The summed E-state index contributed by atoms with van der Waals surface area (Å²) in [5.74, 6) is -2.03. The second kappa shape index (κ2) is 4.95. The molecule has 2 amide bonds. The molecule has 6 heteroatoms. The number of hydrogen-bond acceptors (Lipinski definition) is 2. The molecule has 1 unspecified atom stereocenters. The van der Waals surface area contributed by atoms with Crippen LogP contribution < -0.4 is 4.90 Å². The Morgan fingerprint density at radius 1 is 1.32 bits per heavy atom. The molecule has 0 aliphatic carbocycles. The molecule has 1 aromatic carbocycles. The second-order valence-electron chi connectivity index (χ2n) is 4.47. The van der Waals surface area contributed by atoms with Gasteiger partial charge in [0.05, 0.1) is 5.69 Å². The summed E-state index contributed by atoms with van der Waals surface area (Å²) in [6, 6.07) is 2.44. The van der Waals surface area contributed by atoms with E-state index in [4.69, 9.17) is 0 Å². The standard InChI is InChI=1S/C13H14F2N2O2/c1-8-13(19)17(6-5-16(8)9(2)18)12-4-3-10(14)7-11(12)15/h3-4,7-8H,5-6H2,1-2H3. The fourth-order valence-corrected chi connectivity index (χ4v) is 2.24. The first-order chi connectivity index (χ1) is 8.91. The molecule has 4 nitrogen and oxygen atoms in total. The van der Waals surface area contributed by atoms with Gasteiger partial charge >= 0.3 is 0 Å². The number of hydrogen-bond donors (Lipinski definition) is 0. The van der Waals surface area contributed by atoms with Gasteiger partial charge in [-0.3, -0.25) is 9.59 Å². The Labute approximate surface area is 109 Å². The summed E-state index contributed by atoms with van der Waals surface area (Å²) in [6.07, 6.45) is 0. The van der Waals surface area contributed by atoms with Crippen LogP contribution in [0, 0.1) is 11.6 Å². The van der Waals surface area contributed by atoms with Crippen molar-refractivity contribution in [3.8, 4) is 0 Å². The third-order valence-corrected chi connectivity index (χ3v) is 3.26. The van der Waals surface area contributed by atoms with E-state index in [0.29, 0.717) is 6.54 Å². The summed E-state index contributed by atoms with van der Waals surface area (Å²) >= 11 is 0. The van der Waals surface area contributed by atoms with Crippen molar-refractivity contribution in [1.82, 2.24) is 4.90 Å². The van der Waals surface area contributed by atoms with E-state index in [9.17, 15) is 18.4 Å². The van der Waals surface area contributed by atoms with Gasteiger partial charge < -0.3 is 9.80 Å². The Kier molecular flexibility index (Phi) is 3.50. The molecule has 1 aromatic rings. The van der Waals surface area contributed by atoms with Gasteiger partial charge in [0.2, 0.25) is 11.8 Å². The average molecular weight is 268 g/mol. The predicted octanol–water partition coefficient (Wildman–Crippen LogP) is 1.55. The molecule has 1 atom stereocenters. The van der Waals surface area contributed by atoms with Gasteiger partial charge in [0, 0.05) is 26.1 Å². The molecule has 0 aromatic heterocycles. The molecule has 1 fully saturated rings. The summed E-state index contributed by atoms with van der Waals surface area (Å²) in [4.78, 5) is 26.2. The van der Waals surface area contributed by atoms with Gasteiger partial charge in [-0.2, -0.15) is 0 Å². The SMILES string of the molecule is CC(=O)N1CCN(c2ccc(F)cc2F)C(=O)C1C. The van der Waals surface area contributed by atoms with E-state index in [1.807, 2.05) is 0 Å². The Balaban J connectivity index is 2.28. The van der Waals surface area contributed by atoms with Crippen LogP contribution in [0.1, 0.15) is 13.8 Å². The minimum Gasteiger partial charge on any atom is -0.329 e. The summed E-state index contributed by atoms with van der Waals surface area (Å²) in [5, 5.41) is 0. The van der Waals surface area contributed by atoms with Crippen LogP contribution in [0.15, 0.2) is 18.2 Å². The number of nitrogens with zero attached hydrogens (tertiary/aromatic N) is 2. The molecule has 0 N–H and O–H groups in total. The highest BCUT2D eigenvalue weighted by Crippen LogP contribution is 2.24. The molecule has 0 radical (unpaired) electrons. The molecule has 1 aliphatic heterocycles. The zero-order valence-corrected chi connectivity index (χ0v) is 10.7. The van der Waals surface area contributed by atoms with Crippen molar-refractivity contribution in [1.29, 1.82) is 0 Å². The van der Waals surface area contributed by atoms with E-state index in [1.54, 1.807) is 6.92 Å². The maximum absolute atomic E-state index is 13.7. The molecular formula is C13H14F2N2O2. The van der Waals surface area contributed by atoms with Crippen LogP contribution in [0.5, 0.6) is 0 Å². The van der Waals surface area contributed by atoms with Crippen molar-refractivity contribution >= 4 is 17.5 Å². The highest BCUT2D eigenvalue weighted by molar-refractivity contribution is 6.00. The number of halogens is 2. The topological polar surface area (TPSA) is 40.6 Å². The number of rotatable bonds is 1. The van der Waals surface area contributed by atoms with Crippen LogP contribution in [0.4, 0.5) is 14.5 Å². The molecular weight excluding hydrogens is 254 g/mol. The average Bonchev–Trinajstić information content (AvgIpc) is 2.33. The predicted molar refractivity (Wildman–Crippen MR) is 65.6 cm³/mol. The van der Waals surface area contributed by atoms with Crippen LogP contribution in [0.3, 0.4) is 0 Å². The third-order valence-electron chi connectivity index (χ3n) is 3.26. The summed E-state index contributed by atoms with van der Waals surface area (Å²) in [5.41, 5.74) is 0.0430. The fraction of sp³-hybridized carbons (Fsp3) is 0.385. The van der Waals surface area contributed by atoms with Gasteiger partial charge in [-0.1, -0.05) is 0 Å². The lowest BCUT2D eigenvalue weighted by molar-refractivity contribution is -0.139. The van der Waals surface area contributed by atoms with E-state index in [-0.39, 0.29) is 24.0 Å². The lowest BCUT2D eigenvalue weighted by Gasteiger charge is -2.38. The number of amides is 2. The zero-order chi connectivity index (χ0) is 14.2. The van der Waals surface area contributed by atoms with Crippen LogP contribution in [-0.2, 0) is 9.59 Å². The lowest BCUT2D eigenvalue weighted by Crippen LogP contribution is -2.57. The largest absolute Gasteiger partial charge is 0.329 e. The summed E-state index contributed by atoms with van der Waals surface area (Å²) in [7, 11) is 0. The molecule has 1 heterocycles. The van der Waals surface area contributed by atoms with Crippen molar-refractivity contribution in [2.75, 3.05) is 18.0 Å². The number of anilines is 1. The molecule has 0 spiro atoms. The molecule has 19 heavy (non-hydrogen) atoms. The minimum atomic E-state index is -0.781. The smallest absolute Gasteiger partial charge is 0.249 e. The Bertz CT molecular complexity index is 533. The highest BCUT2D eigenvalue weighted by atomic mass is 19.1. The number of carbonyl (C=O) groups is 2. The summed E-state index contributed by atoms with van der Waals surface area (Å²) < 4.78 is 26.5. The Morgan fingerprint density at radius 2 is 2.00 bits per heavy atom. The van der Waals surface area contributed by atoms with E-state index < -0.39 is 17.7 Å². The second-order valence-corrected chi connectivity index (χ2v) is 4.47. The van der Waals surface area contributed by atoms with E-state index in [1.165, 1.54) is 22.8 Å². The molecule has 0 bridgehead atoms. The van der Waals surface area contributed by atoms with Crippen molar-refractivity contribution in [2.24, 2.45) is 0 Å². The number of carbonyl (C=O) groups excluding carboxylic acids is 2. The van der Waals surface area contributed by atoms with Gasteiger partial charge in [-0.15, -0.1) is 0 Å². The third kappa shape index (κ3) is 2.43. The maximum atomic E-state index is 13.7. The monoisotopic (exact) mass is 268 g/mol. The Morgan fingerprint density at radius 3 is 2.58 bits per heavy atom. The number of benzene rings is 1. The molecule has 102 valence electrons. The van der Waals surface area contributed by atoms with Crippen molar-refractivity contribution in [3.05, 3.63) is 29.8 Å². The van der Waals surface area contributed by atoms with Crippen LogP contribution >= 0.6 is 0 Å². The highest BCUT2D eigenvalue weighted by Gasteiger charge is 2.34. The first-order valence-electron chi connectivity index (χ1n) is 5.95. The van der Waals surface area contributed by atoms with E-state index >= 15 is 0 Å². The quantitative estimate of drug-likeness (QED) is 0.775. The van der Waals surface area contributed by atoms with Crippen molar-refractivity contribution < 1.29 is 18.4 Å². The van der Waals surface area contributed by atoms with Crippen molar-refractivity contribution in [3.63, 3.8) is 0 Å². The van der Waals surface area contributed by atoms with Gasteiger partial charge in [0.15, 0.2) is 0 Å². The zero-order valence-electron chi connectivity index (χ0n) is 10.7. The van der Waals surface area contributed by atoms with Crippen molar-refractivity contribution in [2.45, 2.75) is 19.9 Å². The fourth-order valence-electron chi connectivity index (χ4n) is 2.24. The Hall–Kier alpha value is -1.98. The first kappa shape index (κ1) is 13.5. The number of piperazine rings is 1. The van der Waals surface area contributed by atoms with Gasteiger partial charge in [-0.25, -0.2) is 8.78 Å².